The van der Waals surface area contributed by atoms with Gasteiger partial charge < -0.3 is 9.47 Å². The maximum atomic E-state index is 2.41. The predicted molar refractivity (Wildman–Crippen MR) is 245 cm³/mol. The van der Waals surface area contributed by atoms with Crippen molar-refractivity contribution in [3.63, 3.8) is 0 Å². The Balaban J connectivity index is 1.09. The summed E-state index contributed by atoms with van der Waals surface area (Å²) in [4.78, 5) is 2.41. The minimum absolute atomic E-state index is 1.10. The van der Waals surface area contributed by atoms with Crippen molar-refractivity contribution < 1.29 is 0 Å². The molecule has 0 aliphatic rings. The molecule has 0 atom stereocenters. The first-order valence-electron chi connectivity index (χ1n) is 19.4. The van der Waals surface area contributed by atoms with Gasteiger partial charge in [-0.2, -0.15) is 0 Å². The molecule has 3 heteroatoms. The zero-order chi connectivity index (χ0) is 37.7. The second-order valence-corrected chi connectivity index (χ2v) is 15.6. The molecule has 0 spiro atoms. The van der Waals surface area contributed by atoms with Crippen LogP contribution in [0.25, 0.3) is 81.0 Å². The maximum absolute atomic E-state index is 2.41. The Hall–Kier alpha value is -7.20. The van der Waals surface area contributed by atoms with E-state index in [1.165, 1.54) is 75.4 Å². The van der Waals surface area contributed by atoms with Gasteiger partial charge in [0, 0.05) is 53.7 Å². The fraction of sp³-hybridized carbons (Fsp3) is 0. The molecule has 0 aliphatic carbocycles. The third kappa shape index (κ3) is 5.71. The lowest BCUT2D eigenvalue weighted by Crippen LogP contribution is -2.10. The van der Waals surface area contributed by atoms with Gasteiger partial charge in [0.25, 0.3) is 0 Å². The molecule has 11 rings (SSSR count). The van der Waals surface area contributed by atoms with Crippen LogP contribution < -0.4 is 4.90 Å². The number of anilines is 3. The van der Waals surface area contributed by atoms with Gasteiger partial charge in [-0.1, -0.05) is 152 Å². The smallest absolute Gasteiger partial charge is 0.0547 e. The molecular formula is C54H36N2S. The molecule has 0 aliphatic heterocycles. The van der Waals surface area contributed by atoms with Crippen LogP contribution in [-0.4, -0.2) is 4.57 Å². The quantitative estimate of drug-likeness (QED) is 0.158. The molecule has 0 unspecified atom stereocenters. The van der Waals surface area contributed by atoms with Crippen LogP contribution in [0.3, 0.4) is 0 Å². The minimum Gasteiger partial charge on any atom is -0.310 e. The molecule has 0 radical (unpaired) electrons. The van der Waals surface area contributed by atoms with E-state index in [1.54, 1.807) is 0 Å². The van der Waals surface area contributed by atoms with E-state index in [1.807, 2.05) is 11.3 Å². The number of rotatable bonds is 7. The van der Waals surface area contributed by atoms with E-state index in [0.717, 1.165) is 22.7 Å². The highest BCUT2D eigenvalue weighted by Gasteiger charge is 2.20. The highest BCUT2D eigenvalue weighted by atomic mass is 32.1. The summed E-state index contributed by atoms with van der Waals surface area (Å²) in [5, 5.41) is 5.12. The van der Waals surface area contributed by atoms with Gasteiger partial charge in [0.05, 0.1) is 11.0 Å². The number of para-hydroxylation sites is 2. The van der Waals surface area contributed by atoms with E-state index in [4.69, 9.17) is 0 Å². The largest absolute Gasteiger partial charge is 0.310 e. The molecule has 57 heavy (non-hydrogen) atoms. The van der Waals surface area contributed by atoms with Crippen molar-refractivity contribution in [2.45, 2.75) is 0 Å². The fourth-order valence-electron chi connectivity index (χ4n) is 8.60. The Kier molecular flexibility index (Phi) is 8.04. The first kappa shape index (κ1) is 33.2. The van der Waals surface area contributed by atoms with Crippen molar-refractivity contribution in [2.75, 3.05) is 4.90 Å². The minimum atomic E-state index is 1.10. The monoisotopic (exact) mass is 744 g/mol. The van der Waals surface area contributed by atoms with Crippen LogP contribution in [0.5, 0.6) is 0 Å². The van der Waals surface area contributed by atoms with E-state index in [0.29, 0.717) is 0 Å². The Morgan fingerprint density at radius 1 is 0.333 bits per heavy atom. The lowest BCUT2D eigenvalue weighted by Gasteiger charge is -2.27. The highest BCUT2D eigenvalue weighted by molar-refractivity contribution is 7.25. The first-order valence-corrected chi connectivity index (χ1v) is 20.2. The predicted octanol–water partition coefficient (Wildman–Crippen LogP) is 15.6. The van der Waals surface area contributed by atoms with E-state index >= 15 is 0 Å². The molecule has 11 aromatic rings. The van der Waals surface area contributed by atoms with E-state index in [2.05, 4.69) is 228 Å². The number of hydrogen-bond acceptors (Lipinski definition) is 2. The van der Waals surface area contributed by atoms with Crippen LogP contribution in [0.2, 0.25) is 0 Å². The van der Waals surface area contributed by atoms with Gasteiger partial charge in [-0.15, -0.1) is 11.3 Å². The van der Waals surface area contributed by atoms with Crippen molar-refractivity contribution >= 4 is 70.4 Å². The van der Waals surface area contributed by atoms with Crippen molar-refractivity contribution in [1.82, 2.24) is 4.57 Å². The third-order valence-electron chi connectivity index (χ3n) is 11.2. The summed E-state index contributed by atoms with van der Waals surface area (Å²) in [5.74, 6) is 0. The summed E-state index contributed by atoms with van der Waals surface area (Å²) in [5.41, 5.74) is 14.1. The highest BCUT2D eigenvalue weighted by Crippen LogP contribution is 2.45. The summed E-state index contributed by atoms with van der Waals surface area (Å²) in [6.07, 6.45) is 0. The molecule has 2 aromatic heterocycles. The molecule has 268 valence electrons. The van der Waals surface area contributed by atoms with Gasteiger partial charge >= 0.3 is 0 Å². The molecule has 0 saturated carbocycles. The zero-order valence-corrected chi connectivity index (χ0v) is 31.9. The van der Waals surface area contributed by atoms with Crippen molar-refractivity contribution in [3.8, 4) is 39.1 Å². The Morgan fingerprint density at radius 2 is 0.895 bits per heavy atom. The van der Waals surface area contributed by atoms with E-state index in [-0.39, 0.29) is 0 Å². The number of aromatic nitrogens is 1. The summed E-state index contributed by atoms with van der Waals surface area (Å²) in [7, 11) is 0. The number of thiophene rings is 1. The number of hydrogen-bond donors (Lipinski definition) is 0. The van der Waals surface area contributed by atoms with Crippen molar-refractivity contribution in [2.24, 2.45) is 0 Å². The molecule has 0 bridgehead atoms. The average molecular weight is 745 g/mol. The van der Waals surface area contributed by atoms with Crippen molar-refractivity contribution in [3.05, 3.63) is 218 Å². The van der Waals surface area contributed by atoms with Crippen LogP contribution >= 0.6 is 11.3 Å². The Morgan fingerprint density at radius 3 is 1.67 bits per heavy atom. The average Bonchev–Trinajstić information content (AvgIpc) is 3.83. The Bertz CT molecular complexity index is 3220. The standard InChI is InChI=1S/C54H36N2S/c1-4-15-37(16-5-1)44-33-31-42(35-49(44)38-17-6-2-7-18-38)55(43-32-34-47-46-21-11-13-26-52(46)57-53(47)36-43)41-29-27-39(28-30-41)45-23-14-25-51-54(45)48-22-10-12-24-50(48)56(51)40-19-8-3-9-20-40/h1-36H. The molecule has 0 amide bonds. The lowest BCUT2D eigenvalue weighted by atomic mass is 9.93. The summed E-state index contributed by atoms with van der Waals surface area (Å²) < 4.78 is 4.97. The van der Waals surface area contributed by atoms with Crippen LogP contribution in [0.15, 0.2) is 218 Å². The van der Waals surface area contributed by atoms with Gasteiger partial charge in [-0.25, -0.2) is 0 Å². The molecule has 2 nitrogen and oxygen atoms in total. The molecule has 0 N–H and O–H groups in total. The van der Waals surface area contributed by atoms with Gasteiger partial charge in [0.2, 0.25) is 0 Å². The van der Waals surface area contributed by atoms with Gasteiger partial charge in [0.1, 0.15) is 0 Å². The van der Waals surface area contributed by atoms with Crippen LogP contribution in [0.1, 0.15) is 0 Å². The van der Waals surface area contributed by atoms with Crippen LogP contribution in [0.4, 0.5) is 17.1 Å². The fourth-order valence-corrected chi connectivity index (χ4v) is 9.74. The molecule has 0 fully saturated rings. The molecular weight excluding hydrogens is 709 g/mol. The maximum Gasteiger partial charge on any atom is 0.0547 e. The second kappa shape index (κ2) is 13.8. The van der Waals surface area contributed by atoms with Crippen molar-refractivity contribution in [1.29, 1.82) is 0 Å². The van der Waals surface area contributed by atoms with E-state index < -0.39 is 0 Å². The topological polar surface area (TPSA) is 8.17 Å². The molecule has 0 saturated heterocycles. The number of benzene rings is 9. The van der Waals surface area contributed by atoms with Gasteiger partial charge in [0.15, 0.2) is 0 Å². The Labute approximate surface area is 335 Å². The summed E-state index contributed by atoms with van der Waals surface area (Å²) >= 11 is 1.86. The van der Waals surface area contributed by atoms with Crippen LogP contribution in [0, 0.1) is 0 Å². The SMILES string of the molecule is c1ccc(-c2ccc(N(c3ccc(-c4cccc5c4c4ccccc4n5-c4ccccc4)cc3)c3ccc4c(c3)sc3ccccc34)cc2-c2ccccc2)cc1. The summed E-state index contributed by atoms with van der Waals surface area (Å²) in [6, 6.07) is 79.4. The van der Waals surface area contributed by atoms with Crippen LogP contribution in [-0.2, 0) is 0 Å². The number of fused-ring (bicyclic) bond motifs is 6. The lowest BCUT2D eigenvalue weighted by molar-refractivity contribution is 1.18. The molecule has 9 aromatic carbocycles. The van der Waals surface area contributed by atoms with Gasteiger partial charge in [-0.05, 0) is 100 Å². The van der Waals surface area contributed by atoms with E-state index in [9.17, 15) is 0 Å². The normalized spacial score (nSPS) is 11.5. The zero-order valence-electron chi connectivity index (χ0n) is 31.1. The second-order valence-electron chi connectivity index (χ2n) is 14.5. The summed E-state index contributed by atoms with van der Waals surface area (Å²) in [6.45, 7) is 0. The first-order chi connectivity index (χ1) is 28.3. The molecule has 2 heterocycles. The van der Waals surface area contributed by atoms with Gasteiger partial charge in [-0.3, -0.25) is 0 Å². The third-order valence-corrected chi connectivity index (χ3v) is 12.3. The number of nitrogens with zero attached hydrogens (tertiary/aromatic N) is 2.